The van der Waals surface area contributed by atoms with Crippen LogP contribution in [0.4, 0.5) is 0 Å². The molecule has 0 saturated heterocycles. The molecule has 0 unspecified atom stereocenters. The van der Waals surface area contributed by atoms with Gasteiger partial charge in [-0.1, -0.05) is 51.5 Å². The van der Waals surface area contributed by atoms with Gasteiger partial charge in [0.25, 0.3) is 0 Å². The van der Waals surface area contributed by atoms with Crippen molar-refractivity contribution in [2.75, 3.05) is 7.05 Å². The van der Waals surface area contributed by atoms with Gasteiger partial charge in [-0.05, 0) is 45.1 Å². The van der Waals surface area contributed by atoms with Crippen LogP contribution in [0, 0.1) is 11.3 Å². The maximum atomic E-state index is 3.34. The van der Waals surface area contributed by atoms with Gasteiger partial charge in [-0.25, -0.2) is 0 Å². The smallest absolute Gasteiger partial charge is 0.00444 e. The lowest BCUT2D eigenvalue weighted by Crippen LogP contribution is -2.27. The van der Waals surface area contributed by atoms with Gasteiger partial charge in [0.1, 0.15) is 0 Å². The first-order valence-corrected chi connectivity index (χ1v) is 6.87. The van der Waals surface area contributed by atoms with Gasteiger partial charge in [-0.15, -0.1) is 0 Å². The monoisotopic (exact) mass is 237 g/mol. The van der Waals surface area contributed by atoms with Crippen LogP contribution in [0.3, 0.4) is 0 Å². The molecule has 0 saturated carbocycles. The minimum Gasteiger partial charge on any atom is -0.317 e. The van der Waals surface area contributed by atoms with Crippen LogP contribution < -0.4 is 5.32 Å². The van der Waals surface area contributed by atoms with Gasteiger partial charge in [0.05, 0.1) is 0 Å². The molecule has 0 aliphatic carbocycles. The fraction of sp³-hybridized carbons (Fsp3) is 0.750. The van der Waals surface area contributed by atoms with Crippen molar-refractivity contribution in [1.82, 2.24) is 5.32 Å². The Bertz CT molecular complexity index is 255. The van der Waals surface area contributed by atoms with Gasteiger partial charge in [-0.3, -0.25) is 0 Å². The molecule has 0 aliphatic heterocycles. The standard InChI is InChI=1S/C16H31N/c1-8-10-11-14(12-13(3)17-7)15(9-2)16(4,5)6/h9-11,13-14,17H,8,12H2,1-7H3/b11-10-,15-9-/t13-,14+/m1/s1. The van der Waals surface area contributed by atoms with Gasteiger partial charge in [-0.2, -0.15) is 0 Å². The van der Waals surface area contributed by atoms with E-state index in [4.69, 9.17) is 0 Å². The van der Waals surface area contributed by atoms with E-state index < -0.39 is 0 Å². The van der Waals surface area contributed by atoms with E-state index in [1.807, 2.05) is 7.05 Å². The molecule has 1 N–H and O–H groups in total. The molecule has 0 aromatic heterocycles. The van der Waals surface area contributed by atoms with Crippen molar-refractivity contribution < 1.29 is 0 Å². The molecule has 0 rings (SSSR count). The first-order chi connectivity index (χ1) is 7.86. The van der Waals surface area contributed by atoms with Crippen LogP contribution in [0.1, 0.15) is 54.4 Å². The van der Waals surface area contributed by atoms with Crippen LogP contribution in [-0.2, 0) is 0 Å². The van der Waals surface area contributed by atoms with Crippen molar-refractivity contribution in [1.29, 1.82) is 0 Å². The third-order valence-corrected chi connectivity index (χ3v) is 3.28. The Labute approximate surface area is 108 Å². The summed E-state index contributed by atoms with van der Waals surface area (Å²) in [5.41, 5.74) is 1.80. The predicted octanol–water partition coefficient (Wildman–Crippen LogP) is 4.56. The average molecular weight is 237 g/mol. The van der Waals surface area contributed by atoms with E-state index in [-0.39, 0.29) is 5.41 Å². The summed E-state index contributed by atoms with van der Waals surface area (Å²) in [6.45, 7) is 13.5. The lowest BCUT2D eigenvalue weighted by molar-refractivity contribution is 0.413. The second kappa shape index (κ2) is 7.71. The summed E-state index contributed by atoms with van der Waals surface area (Å²) in [7, 11) is 2.04. The Balaban J connectivity index is 4.96. The first-order valence-electron chi connectivity index (χ1n) is 6.87. The molecule has 0 radical (unpaired) electrons. The van der Waals surface area contributed by atoms with Crippen molar-refractivity contribution in [3.8, 4) is 0 Å². The zero-order valence-electron chi connectivity index (χ0n) is 12.8. The van der Waals surface area contributed by atoms with Gasteiger partial charge in [0, 0.05) is 6.04 Å². The Morgan fingerprint density at radius 3 is 2.24 bits per heavy atom. The summed E-state index contributed by atoms with van der Waals surface area (Å²) >= 11 is 0. The minimum atomic E-state index is 0.255. The maximum absolute atomic E-state index is 3.34. The van der Waals surface area contributed by atoms with E-state index in [0.29, 0.717) is 12.0 Å². The molecular weight excluding hydrogens is 206 g/mol. The van der Waals surface area contributed by atoms with Crippen LogP contribution in [0.5, 0.6) is 0 Å². The third kappa shape index (κ3) is 6.07. The molecule has 0 aromatic rings. The Hall–Kier alpha value is -0.560. The SMILES string of the molecule is C/C=C(/[C@@H](/C=C\CC)C[C@@H](C)NC)C(C)(C)C. The predicted molar refractivity (Wildman–Crippen MR) is 79.3 cm³/mol. The molecule has 1 heteroatoms. The number of hydrogen-bond acceptors (Lipinski definition) is 1. The largest absolute Gasteiger partial charge is 0.317 e. The molecule has 0 fully saturated rings. The zero-order chi connectivity index (χ0) is 13.5. The molecule has 0 spiro atoms. The van der Waals surface area contributed by atoms with Crippen LogP contribution in [-0.4, -0.2) is 13.1 Å². The highest BCUT2D eigenvalue weighted by Crippen LogP contribution is 2.34. The summed E-state index contributed by atoms with van der Waals surface area (Å²) in [6.07, 6.45) is 9.26. The van der Waals surface area contributed by atoms with Crippen LogP contribution in [0.2, 0.25) is 0 Å². The van der Waals surface area contributed by atoms with E-state index in [1.54, 1.807) is 5.57 Å². The quantitative estimate of drug-likeness (QED) is 0.668. The molecule has 0 bridgehead atoms. The topological polar surface area (TPSA) is 12.0 Å². The summed E-state index contributed by atoms with van der Waals surface area (Å²) in [5.74, 6) is 0.558. The number of nitrogens with one attached hydrogen (secondary N) is 1. The molecule has 1 nitrogen and oxygen atoms in total. The minimum absolute atomic E-state index is 0.255. The summed E-state index contributed by atoms with van der Waals surface area (Å²) in [4.78, 5) is 0. The van der Waals surface area contributed by atoms with Crippen molar-refractivity contribution in [3.63, 3.8) is 0 Å². The van der Waals surface area contributed by atoms with Crippen molar-refractivity contribution >= 4 is 0 Å². The number of hydrogen-bond donors (Lipinski definition) is 1. The summed E-state index contributed by atoms with van der Waals surface area (Å²) in [6, 6.07) is 0.554. The molecule has 0 aromatic carbocycles. The van der Waals surface area contributed by atoms with Crippen LogP contribution in [0.15, 0.2) is 23.8 Å². The normalized spacial score (nSPS) is 17.5. The highest BCUT2D eigenvalue weighted by atomic mass is 14.8. The lowest BCUT2D eigenvalue weighted by atomic mass is 9.76. The molecule has 0 amide bonds. The molecular formula is C16H31N. The fourth-order valence-electron chi connectivity index (χ4n) is 2.31. The highest BCUT2D eigenvalue weighted by Gasteiger charge is 2.23. The van der Waals surface area contributed by atoms with Crippen LogP contribution in [0.25, 0.3) is 0 Å². The molecule has 17 heavy (non-hydrogen) atoms. The van der Waals surface area contributed by atoms with E-state index in [9.17, 15) is 0 Å². The molecule has 0 aliphatic rings. The Morgan fingerprint density at radius 2 is 1.88 bits per heavy atom. The maximum Gasteiger partial charge on any atom is 0.00444 e. The van der Waals surface area contributed by atoms with Gasteiger partial charge in [0.2, 0.25) is 0 Å². The highest BCUT2D eigenvalue weighted by molar-refractivity contribution is 5.19. The molecule has 100 valence electrons. The van der Waals surface area contributed by atoms with Crippen molar-refractivity contribution in [3.05, 3.63) is 23.8 Å². The van der Waals surface area contributed by atoms with E-state index in [1.165, 1.54) is 6.42 Å². The second-order valence-corrected chi connectivity index (χ2v) is 5.86. The van der Waals surface area contributed by atoms with Crippen molar-refractivity contribution in [2.45, 2.75) is 60.4 Å². The zero-order valence-corrected chi connectivity index (χ0v) is 12.8. The second-order valence-electron chi connectivity index (χ2n) is 5.86. The lowest BCUT2D eigenvalue weighted by Gasteiger charge is -2.30. The van der Waals surface area contributed by atoms with Gasteiger partial charge >= 0.3 is 0 Å². The molecule has 2 atom stereocenters. The number of rotatable bonds is 6. The van der Waals surface area contributed by atoms with E-state index in [2.05, 4.69) is 65.1 Å². The first kappa shape index (κ1) is 16.4. The van der Waals surface area contributed by atoms with Gasteiger partial charge < -0.3 is 5.32 Å². The Morgan fingerprint density at radius 1 is 1.29 bits per heavy atom. The van der Waals surface area contributed by atoms with Gasteiger partial charge in [0.15, 0.2) is 0 Å². The van der Waals surface area contributed by atoms with Crippen molar-refractivity contribution in [2.24, 2.45) is 11.3 Å². The number of allylic oxidation sites excluding steroid dienone is 4. The third-order valence-electron chi connectivity index (χ3n) is 3.28. The fourth-order valence-corrected chi connectivity index (χ4v) is 2.31. The Kier molecular flexibility index (Phi) is 7.45. The summed E-state index contributed by atoms with van der Waals surface area (Å²) < 4.78 is 0. The van der Waals surface area contributed by atoms with E-state index >= 15 is 0 Å². The van der Waals surface area contributed by atoms with E-state index in [0.717, 1.165) is 6.42 Å². The molecule has 0 heterocycles. The van der Waals surface area contributed by atoms with Crippen LogP contribution >= 0.6 is 0 Å². The average Bonchev–Trinajstić information content (AvgIpc) is 2.24. The summed E-state index contributed by atoms with van der Waals surface area (Å²) in [5, 5.41) is 3.34.